The molecule has 0 aromatic rings. The molecule has 0 radical (unpaired) electrons. The SMILES string of the molecule is CC12CCC(C(CN(O)CC3C(=O)C4(C)CCC3C4(C)C)C1=O)C2(C)C.O=C(O)C(=O)O. The molecule has 8 nitrogen and oxygen atoms in total. The minimum atomic E-state index is -1.82. The largest absolute Gasteiger partial charge is 0.473 e. The van der Waals surface area contributed by atoms with E-state index in [9.17, 15) is 14.8 Å². The number of fused-ring (bicyclic) bond motifs is 4. The van der Waals surface area contributed by atoms with Gasteiger partial charge in [0.25, 0.3) is 0 Å². The average Bonchev–Trinajstić information content (AvgIpc) is 3.16. The Balaban J connectivity index is 0.000000427. The number of nitrogens with zero attached hydrogens (tertiary/aromatic N) is 1. The van der Waals surface area contributed by atoms with Gasteiger partial charge in [-0.1, -0.05) is 41.5 Å². The summed E-state index contributed by atoms with van der Waals surface area (Å²) in [4.78, 5) is 44.2. The van der Waals surface area contributed by atoms with E-state index in [0.717, 1.165) is 25.7 Å². The van der Waals surface area contributed by atoms with E-state index in [1.54, 1.807) is 0 Å². The van der Waals surface area contributed by atoms with Crippen LogP contribution in [0.5, 0.6) is 0 Å². The van der Waals surface area contributed by atoms with Crippen molar-refractivity contribution in [2.45, 2.75) is 67.2 Å². The van der Waals surface area contributed by atoms with Gasteiger partial charge in [0.1, 0.15) is 11.6 Å². The van der Waals surface area contributed by atoms with Crippen LogP contribution in [0.15, 0.2) is 0 Å². The summed E-state index contributed by atoms with van der Waals surface area (Å²) in [6.07, 6.45) is 4.09. The summed E-state index contributed by atoms with van der Waals surface area (Å²) in [7, 11) is 0. The van der Waals surface area contributed by atoms with Crippen LogP contribution in [0.3, 0.4) is 0 Å². The first-order chi connectivity index (χ1) is 14.5. The Hall–Kier alpha value is -1.80. The van der Waals surface area contributed by atoms with Gasteiger partial charge in [0, 0.05) is 35.8 Å². The molecule has 0 aromatic carbocycles. The predicted molar refractivity (Wildman–Crippen MR) is 115 cm³/mol. The molecular weight excluding hydrogens is 414 g/mol. The van der Waals surface area contributed by atoms with Crippen LogP contribution < -0.4 is 0 Å². The predicted octanol–water partition coefficient (Wildman–Crippen LogP) is 3.12. The summed E-state index contributed by atoms with van der Waals surface area (Å²) in [5, 5.41) is 26.8. The van der Waals surface area contributed by atoms with E-state index in [-0.39, 0.29) is 33.5 Å². The Morgan fingerprint density at radius 2 is 1.09 bits per heavy atom. The first-order valence-corrected chi connectivity index (χ1v) is 11.5. The lowest BCUT2D eigenvalue weighted by atomic mass is 9.70. The Morgan fingerprint density at radius 3 is 1.31 bits per heavy atom. The zero-order valence-electron chi connectivity index (χ0n) is 20.0. The maximum atomic E-state index is 13.0. The second-order valence-corrected chi connectivity index (χ2v) is 11.8. The molecule has 3 N–H and O–H groups in total. The van der Waals surface area contributed by atoms with Crippen molar-refractivity contribution in [3.63, 3.8) is 0 Å². The standard InChI is InChI=1S/C22H35NO3.C2H2O4/c1-19(2)15-7-9-21(19,5)17(24)13(15)11-23(26)12-14-16-8-10-22(6,18(14)25)20(16,3)4;3-1(4)2(5)6/h13-16,26H,7-12H2,1-6H3;(H,3,4)(H,5,6). The molecule has 180 valence electrons. The fraction of sp³-hybridized carbons (Fsp3) is 0.833. The third-order valence-corrected chi connectivity index (χ3v) is 10.3. The van der Waals surface area contributed by atoms with Crippen LogP contribution in [-0.4, -0.2) is 57.1 Å². The number of carbonyl (C=O) groups excluding carboxylic acids is 2. The summed E-state index contributed by atoms with van der Waals surface area (Å²) in [5.74, 6) is -2.49. The third-order valence-electron chi connectivity index (χ3n) is 10.3. The zero-order valence-corrected chi connectivity index (χ0v) is 20.0. The van der Waals surface area contributed by atoms with Crippen molar-refractivity contribution in [2.24, 2.45) is 45.3 Å². The molecule has 0 heterocycles. The van der Waals surface area contributed by atoms with E-state index >= 15 is 0 Å². The maximum absolute atomic E-state index is 13.0. The van der Waals surface area contributed by atoms with Crippen molar-refractivity contribution >= 4 is 23.5 Å². The topological polar surface area (TPSA) is 132 Å². The van der Waals surface area contributed by atoms with Gasteiger partial charge in [-0.15, -0.1) is 0 Å². The molecule has 6 unspecified atom stereocenters. The maximum Gasteiger partial charge on any atom is 0.414 e. The lowest BCUT2D eigenvalue weighted by molar-refractivity contribution is -0.159. The van der Waals surface area contributed by atoms with Crippen molar-refractivity contribution < 1.29 is 34.6 Å². The van der Waals surface area contributed by atoms with Gasteiger partial charge in [-0.05, 0) is 48.3 Å². The quantitative estimate of drug-likeness (QED) is 0.439. The molecule has 4 bridgehead atoms. The van der Waals surface area contributed by atoms with E-state index in [2.05, 4.69) is 41.5 Å². The summed E-state index contributed by atoms with van der Waals surface area (Å²) < 4.78 is 0. The van der Waals surface area contributed by atoms with E-state index in [1.165, 1.54) is 5.06 Å². The highest BCUT2D eigenvalue weighted by molar-refractivity contribution is 6.27. The number of Topliss-reactive ketones (excluding diaryl/α,β-unsaturated/α-hetero) is 2. The molecular formula is C24H37NO7. The van der Waals surface area contributed by atoms with Crippen LogP contribution in [0.1, 0.15) is 67.2 Å². The summed E-state index contributed by atoms with van der Waals surface area (Å²) >= 11 is 0. The number of hydrogen-bond acceptors (Lipinski definition) is 6. The van der Waals surface area contributed by atoms with Crippen LogP contribution in [0.4, 0.5) is 0 Å². The van der Waals surface area contributed by atoms with Crippen LogP contribution >= 0.6 is 0 Å². The second-order valence-electron chi connectivity index (χ2n) is 11.8. The molecule has 8 heteroatoms. The Labute approximate surface area is 189 Å². The Kier molecular flexibility index (Phi) is 5.91. The van der Waals surface area contributed by atoms with Gasteiger partial charge < -0.3 is 15.4 Å². The number of rotatable bonds is 4. The summed E-state index contributed by atoms with van der Waals surface area (Å²) in [5.41, 5.74) is -0.484. The van der Waals surface area contributed by atoms with E-state index < -0.39 is 11.9 Å². The first-order valence-electron chi connectivity index (χ1n) is 11.5. The minimum Gasteiger partial charge on any atom is -0.473 e. The zero-order chi connectivity index (χ0) is 24.4. The molecule has 6 atom stereocenters. The van der Waals surface area contributed by atoms with Gasteiger partial charge in [-0.25, -0.2) is 9.59 Å². The molecule has 4 aliphatic carbocycles. The highest BCUT2D eigenvalue weighted by Crippen LogP contribution is 2.67. The molecule has 0 amide bonds. The van der Waals surface area contributed by atoms with Gasteiger partial charge in [-0.3, -0.25) is 9.59 Å². The van der Waals surface area contributed by atoms with E-state index in [0.29, 0.717) is 36.5 Å². The van der Waals surface area contributed by atoms with Crippen LogP contribution in [0, 0.1) is 45.3 Å². The molecule has 0 spiro atoms. The van der Waals surface area contributed by atoms with Crippen molar-refractivity contribution in [1.82, 2.24) is 5.06 Å². The molecule has 0 saturated heterocycles. The summed E-state index contributed by atoms with van der Waals surface area (Å²) in [6.45, 7) is 13.9. The molecule has 4 aliphatic rings. The van der Waals surface area contributed by atoms with Crippen molar-refractivity contribution in [2.75, 3.05) is 13.1 Å². The third kappa shape index (κ3) is 3.24. The number of carbonyl (C=O) groups is 4. The van der Waals surface area contributed by atoms with Crippen molar-refractivity contribution in [3.05, 3.63) is 0 Å². The molecule has 0 aliphatic heterocycles. The monoisotopic (exact) mass is 451 g/mol. The highest BCUT2D eigenvalue weighted by atomic mass is 16.5. The van der Waals surface area contributed by atoms with Crippen LogP contribution in [-0.2, 0) is 19.2 Å². The number of carboxylic acids is 2. The number of ketones is 2. The first kappa shape index (κ1) is 24.8. The van der Waals surface area contributed by atoms with Gasteiger partial charge in [0.15, 0.2) is 0 Å². The lowest BCUT2D eigenvalue weighted by Crippen LogP contribution is -2.42. The Bertz CT molecular complexity index is 781. The number of aliphatic carboxylic acids is 2. The molecule has 4 fully saturated rings. The minimum absolute atomic E-state index is 0.00725. The Morgan fingerprint density at radius 1 is 0.781 bits per heavy atom. The number of carboxylic acid groups (broad SMARTS) is 2. The normalized spacial score (nSPS) is 40.5. The number of hydroxylamine groups is 2. The highest BCUT2D eigenvalue weighted by Gasteiger charge is 2.67. The molecule has 32 heavy (non-hydrogen) atoms. The van der Waals surface area contributed by atoms with Gasteiger partial charge in [-0.2, -0.15) is 5.06 Å². The number of hydrogen-bond donors (Lipinski definition) is 3. The smallest absolute Gasteiger partial charge is 0.414 e. The molecule has 4 saturated carbocycles. The average molecular weight is 452 g/mol. The van der Waals surface area contributed by atoms with Crippen LogP contribution in [0.25, 0.3) is 0 Å². The van der Waals surface area contributed by atoms with Gasteiger partial charge in [0.05, 0.1) is 0 Å². The summed E-state index contributed by atoms with van der Waals surface area (Å²) in [6, 6.07) is 0. The fourth-order valence-electron chi connectivity index (χ4n) is 7.50. The molecule has 4 rings (SSSR count). The second kappa shape index (κ2) is 7.62. The molecule has 0 aromatic heterocycles. The fourth-order valence-corrected chi connectivity index (χ4v) is 7.50. The van der Waals surface area contributed by atoms with Gasteiger partial charge >= 0.3 is 11.9 Å². The van der Waals surface area contributed by atoms with Crippen molar-refractivity contribution in [1.29, 1.82) is 0 Å². The van der Waals surface area contributed by atoms with E-state index in [1.807, 2.05) is 0 Å². The van der Waals surface area contributed by atoms with Crippen molar-refractivity contribution in [3.8, 4) is 0 Å². The lowest BCUT2D eigenvalue weighted by Gasteiger charge is -2.32. The van der Waals surface area contributed by atoms with E-state index in [4.69, 9.17) is 19.8 Å². The van der Waals surface area contributed by atoms with Gasteiger partial charge in [0.2, 0.25) is 0 Å². The van der Waals surface area contributed by atoms with Crippen LogP contribution in [0.2, 0.25) is 0 Å².